The number of anilines is 1. The van der Waals surface area contributed by atoms with Crippen molar-refractivity contribution in [1.29, 1.82) is 0 Å². The Labute approximate surface area is 163 Å². The van der Waals surface area contributed by atoms with Crippen LogP contribution < -0.4 is 11.1 Å². The molecule has 0 radical (unpaired) electrons. The largest absolute Gasteiger partial charge is 0.399 e. The first-order valence-corrected chi connectivity index (χ1v) is 8.80. The lowest BCUT2D eigenvalue weighted by atomic mass is 9.94. The average Bonchev–Trinajstić information content (AvgIpc) is 2.58. The van der Waals surface area contributed by atoms with Gasteiger partial charge in [0.1, 0.15) is 0 Å². The molecule has 3 N–H and O–H groups in total. The minimum Gasteiger partial charge on any atom is -0.387 e. The standard InChI is InChI=1S/C22H24F3N3/c1-15-12-16(2)14-19(13-15)21(22(23,24)25)9-6-18-4-7-20(8-5-18)28-11-10-27-17(3)26/h4-14,21,28H,1-3H3,(H2,26,27)/b9-6+,11-10+. The van der Waals surface area contributed by atoms with Crippen molar-refractivity contribution in [1.82, 2.24) is 0 Å². The molecule has 0 amide bonds. The van der Waals surface area contributed by atoms with Crippen LogP contribution in [0.5, 0.6) is 0 Å². The van der Waals surface area contributed by atoms with Gasteiger partial charge in [0.2, 0.25) is 0 Å². The summed E-state index contributed by atoms with van der Waals surface area (Å²) in [5.41, 5.74) is 8.78. The summed E-state index contributed by atoms with van der Waals surface area (Å²) < 4.78 is 40.7. The number of hydrogen-bond donors (Lipinski definition) is 2. The molecular weight excluding hydrogens is 363 g/mol. The van der Waals surface area contributed by atoms with Gasteiger partial charge in [-0.15, -0.1) is 0 Å². The van der Waals surface area contributed by atoms with Crippen LogP contribution in [0.25, 0.3) is 6.08 Å². The third-order valence-electron chi connectivity index (χ3n) is 3.95. The molecule has 2 rings (SSSR count). The molecule has 0 aliphatic carbocycles. The van der Waals surface area contributed by atoms with Crippen LogP contribution in [-0.4, -0.2) is 12.0 Å². The molecule has 0 fully saturated rings. The summed E-state index contributed by atoms with van der Waals surface area (Å²) in [6.07, 6.45) is 1.50. The molecule has 6 heteroatoms. The number of alkyl halides is 3. The van der Waals surface area contributed by atoms with Gasteiger partial charge in [0, 0.05) is 18.1 Å². The van der Waals surface area contributed by atoms with Crippen molar-refractivity contribution in [3.8, 4) is 0 Å². The second-order valence-corrected chi connectivity index (χ2v) is 6.65. The number of nitrogens with one attached hydrogen (secondary N) is 1. The summed E-state index contributed by atoms with van der Waals surface area (Å²) >= 11 is 0. The molecule has 1 unspecified atom stereocenters. The minimum atomic E-state index is -4.36. The Morgan fingerprint density at radius 2 is 1.68 bits per heavy atom. The maximum absolute atomic E-state index is 13.6. The van der Waals surface area contributed by atoms with Gasteiger partial charge in [0.05, 0.1) is 11.8 Å². The van der Waals surface area contributed by atoms with E-state index in [1.807, 2.05) is 6.07 Å². The van der Waals surface area contributed by atoms with E-state index in [0.717, 1.165) is 16.8 Å². The van der Waals surface area contributed by atoms with Crippen molar-refractivity contribution >= 4 is 17.6 Å². The van der Waals surface area contributed by atoms with Gasteiger partial charge in [0.15, 0.2) is 0 Å². The second kappa shape index (κ2) is 9.26. The summed E-state index contributed by atoms with van der Waals surface area (Å²) in [5, 5.41) is 3.01. The predicted molar refractivity (Wildman–Crippen MR) is 110 cm³/mol. The van der Waals surface area contributed by atoms with Gasteiger partial charge in [-0.3, -0.25) is 0 Å². The number of allylic oxidation sites excluding steroid dienone is 1. The fourth-order valence-corrected chi connectivity index (χ4v) is 2.78. The van der Waals surface area contributed by atoms with Gasteiger partial charge in [-0.05, 0) is 44.0 Å². The number of aryl methyl sites for hydroxylation is 2. The molecule has 0 aliphatic rings. The smallest absolute Gasteiger partial charge is 0.387 e. The topological polar surface area (TPSA) is 50.4 Å². The molecular formula is C22H24F3N3. The van der Waals surface area contributed by atoms with E-state index in [-0.39, 0.29) is 5.56 Å². The van der Waals surface area contributed by atoms with Gasteiger partial charge < -0.3 is 11.1 Å². The zero-order valence-corrected chi connectivity index (χ0v) is 16.1. The molecule has 28 heavy (non-hydrogen) atoms. The zero-order chi connectivity index (χ0) is 20.7. The number of amidine groups is 1. The summed E-state index contributed by atoms with van der Waals surface area (Å²) in [6.45, 7) is 5.28. The highest BCUT2D eigenvalue weighted by molar-refractivity contribution is 5.78. The number of hydrogen-bond acceptors (Lipinski definition) is 2. The van der Waals surface area contributed by atoms with E-state index in [1.54, 1.807) is 63.4 Å². The molecule has 1 atom stereocenters. The SMILES string of the molecule is CC(N)=N/C=C/Nc1ccc(/C=C/C(c2cc(C)cc(C)c2)C(F)(F)F)cc1. The quantitative estimate of drug-likeness (QED) is 0.477. The Bertz CT molecular complexity index is 855. The fourth-order valence-electron chi connectivity index (χ4n) is 2.78. The van der Waals surface area contributed by atoms with Crippen LogP contribution >= 0.6 is 0 Å². The van der Waals surface area contributed by atoms with Crippen LogP contribution in [0.3, 0.4) is 0 Å². The van der Waals surface area contributed by atoms with Gasteiger partial charge >= 0.3 is 6.18 Å². The van der Waals surface area contributed by atoms with Crippen molar-refractivity contribution in [2.75, 3.05) is 5.32 Å². The summed E-state index contributed by atoms with van der Waals surface area (Å²) in [4.78, 5) is 3.90. The monoisotopic (exact) mass is 387 g/mol. The molecule has 2 aromatic rings. The molecule has 0 aromatic heterocycles. The third-order valence-corrected chi connectivity index (χ3v) is 3.95. The Hall–Kier alpha value is -3.02. The highest BCUT2D eigenvalue weighted by Gasteiger charge is 2.38. The summed E-state index contributed by atoms with van der Waals surface area (Å²) in [7, 11) is 0. The van der Waals surface area contributed by atoms with Crippen LogP contribution in [0.4, 0.5) is 18.9 Å². The molecule has 2 aromatic carbocycles. The van der Waals surface area contributed by atoms with Crippen LogP contribution in [-0.2, 0) is 0 Å². The van der Waals surface area contributed by atoms with Crippen molar-refractivity contribution in [2.24, 2.45) is 10.7 Å². The normalized spacial score (nSPS) is 14.0. The predicted octanol–water partition coefficient (Wildman–Crippen LogP) is 5.92. The van der Waals surface area contributed by atoms with E-state index in [9.17, 15) is 13.2 Å². The average molecular weight is 387 g/mol. The van der Waals surface area contributed by atoms with Crippen LogP contribution in [0.15, 0.2) is 65.9 Å². The molecule has 0 aliphatic heterocycles. The van der Waals surface area contributed by atoms with Crippen molar-refractivity contribution < 1.29 is 13.2 Å². The first kappa shape index (κ1) is 21.3. The third kappa shape index (κ3) is 6.61. The highest BCUT2D eigenvalue weighted by atomic mass is 19.4. The van der Waals surface area contributed by atoms with Crippen molar-refractivity contribution in [3.63, 3.8) is 0 Å². The van der Waals surface area contributed by atoms with E-state index in [4.69, 9.17) is 5.73 Å². The maximum atomic E-state index is 13.6. The number of nitrogens with two attached hydrogens (primary N) is 1. The number of nitrogens with zero attached hydrogens (tertiary/aromatic N) is 1. The van der Waals surface area contributed by atoms with Gasteiger partial charge in [-0.2, -0.15) is 13.2 Å². The Balaban J connectivity index is 2.16. The van der Waals surface area contributed by atoms with Gasteiger partial charge in [0.25, 0.3) is 0 Å². The van der Waals surface area contributed by atoms with E-state index in [0.29, 0.717) is 11.4 Å². The number of aliphatic imine (C=N–C) groups is 1. The second-order valence-electron chi connectivity index (χ2n) is 6.65. The Kier molecular flexibility index (Phi) is 7.04. The lowest BCUT2D eigenvalue weighted by Gasteiger charge is -2.18. The van der Waals surface area contributed by atoms with E-state index in [1.165, 1.54) is 18.4 Å². The first-order chi connectivity index (χ1) is 13.1. The minimum absolute atomic E-state index is 0.250. The first-order valence-electron chi connectivity index (χ1n) is 8.80. The Morgan fingerprint density at radius 3 is 2.21 bits per heavy atom. The summed E-state index contributed by atoms with van der Waals surface area (Å²) in [5.74, 6) is -1.20. The van der Waals surface area contributed by atoms with Crippen LogP contribution in [0.1, 0.15) is 35.1 Å². The zero-order valence-electron chi connectivity index (χ0n) is 16.1. The molecule has 148 valence electrons. The molecule has 0 heterocycles. The van der Waals surface area contributed by atoms with Gasteiger partial charge in [-0.1, -0.05) is 53.6 Å². The Morgan fingerprint density at radius 1 is 1.07 bits per heavy atom. The molecule has 0 spiro atoms. The van der Waals surface area contributed by atoms with Crippen LogP contribution in [0, 0.1) is 13.8 Å². The fraction of sp³-hybridized carbons (Fsp3) is 0.227. The molecule has 0 bridgehead atoms. The van der Waals surface area contributed by atoms with E-state index >= 15 is 0 Å². The summed E-state index contributed by atoms with van der Waals surface area (Å²) in [6, 6.07) is 12.1. The van der Waals surface area contributed by atoms with Crippen LogP contribution in [0.2, 0.25) is 0 Å². The maximum Gasteiger partial charge on any atom is 0.399 e. The molecule has 0 saturated carbocycles. The lowest BCUT2D eigenvalue weighted by Crippen LogP contribution is -2.19. The number of halogens is 3. The van der Waals surface area contributed by atoms with E-state index < -0.39 is 12.1 Å². The number of benzene rings is 2. The van der Waals surface area contributed by atoms with E-state index in [2.05, 4.69) is 10.3 Å². The molecule has 0 saturated heterocycles. The van der Waals surface area contributed by atoms with Crippen molar-refractivity contribution in [2.45, 2.75) is 32.9 Å². The lowest BCUT2D eigenvalue weighted by molar-refractivity contribution is -0.139. The van der Waals surface area contributed by atoms with Gasteiger partial charge in [-0.25, -0.2) is 4.99 Å². The van der Waals surface area contributed by atoms with Crippen molar-refractivity contribution in [3.05, 3.63) is 83.2 Å². The number of rotatable bonds is 6. The highest BCUT2D eigenvalue weighted by Crippen LogP contribution is 2.37. The molecule has 3 nitrogen and oxygen atoms in total.